The van der Waals surface area contributed by atoms with E-state index in [9.17, 15) is 33.1 Å². The molecule has 1 saturated heterocycles. The van der Waals surface area contributed by atoms with Gasteiger partial charge in [0.1, 0.15) is 17.9 Å². The van der Waals surface area contributed by atoms with E-state index in [2.05, 4.69) is 15.3 Å². The average molecular weight is 677 g/mol. The Balaban J connectivity index is 1.32. The van der Waals surface area contributed by atoms with Crippen molar-refractivity contribution >= 4 is 39.4 Å². The molecule has 1 fully saturated rings. The number of nitrogens with one attached hydrogen (secondary N) is 1. The summed E-state index contributed by atoms with van der Waals surface area (Å²) in [6.45, 7) is 2.18. The minimum atomic E-state index is -3.15. The summed E-state index contributed by atoms with van der Waals surface area (Å²) >= 11 is 0. The molecule has 0 aliphatic carbocycles. The summed E-state index contributed by atoms with van der Waals surface area (Å²) < 4.78 is 51.6. The van der Waals surface area contributed by atoms with Crippen molar-refractivity contribution in [3.63, 3.8) is 0 Å². The van der Waals surface area contributed by atoms with Crippen LogP contribution in [0.4, 0.5) is 18.9 Å². The molecule has 4 heterocycles. The molecule has 2 atom stereocenters. The second-order valence-electron chi connectivity index (χ2n) is 11.9. The van der Waals surface area contributed by atoms with E-state index in [-0.39, 0.29) is 54.0 Å². The van der Waals surface area contributed by atoms with E-state index >= 15 is 4.39 Å². The lowest BCUT2D eigenvalue weighted by molar-refractivity contribution is -0.139. The summed E-state index contributed by atoms with van der Waals surface area (Å²) in [6.07, 6.45) is 4.05. The molecule has 2 aromatic carbocycles. The van der Waals surface area contributed by atoms with Gasteiger partial charge in [-0.2, -0.15) is 0 Å². The van der Waals surface area contributed by atoms with E-state index in [1.807, 2.05) is 0 Å². The quantitative estimate of drug-likeness (QED) is 0.252. The predicted octanol–water partition coefficient (Wildman–Crippen LogP) is 3.37. The number of aliphatic carboxylic acids is 1. The number of benzene rings is 2. The zero-order chi connectivity index (χ0) is 35.2. The molecule has 0 bridgehead atoms. The highest BCUT2D eigenvalue weighted by Gasteiger charge is 2.41. The highest BCUT2D eigenvalue weighted by atomic mass is 19.3. The molecule has 0 radical (unpaired) electrons. The zero-order valence-electron chi connectivity index (χ0n) is 26.6. The molecule has 1 aliphatic heterocycles. The summed E-state index contributed by atoms with van der Waals surface area (Å²) in [5.41, 5.74) is -0.223. The first kappa shape index (κ1) is 33.3. The molecule has 1 amide bonds. The van der Waals surface area contributed by atoms with Gasteiger partial charge in [0.15, 0.2) is 0 Å². The highest BCUT2D eigenvalue weighted by Crippen LogP contribution is 2.32. The maximum atomic E-state index is 15.5. The van der Waals surface area contributed by atoms with Gasteiger partial charge in [-0.05, 0) is 48.4 Å². The van der Waals surface area contributed by atoms with E-state index in [1.54, 1.807) is 12.1 Å². The number of nitrogens with zero attached hydrogens (tertiary/aromatic N) is 5. The topological polar surface area (TPSA) is 149 Å². The molecule has 15 heteroatoms. The van der Waals surface area contributed by atoms with Gasteiger partial charge in [0, 0.05) is 50.4 Å². The Kier molecular flexibility index (Phi) is 8.71. The molecule has 3 aromatic heterocycles. The van der Waals surface area contributed by atoms with Crippen LogP contribution in [0.25, 0.3) is 27.5 Å². The van der Waals surface area contributed by atoms with Crippen molar-refractivity contribution in [3.8, 4) is 5.69 Å². The lowest BCUT2D eigenvalue weighted by Crippen LogP contribution is -2.54. The van der Waals surface area contributed by atoms with E-state index in [0.717, 1.165) is 17.6 Å². The second-order valence-corrected chi connectivity index (χ2v) is 11.9. The summed E-state index contributed by atoms with van der Waals surface area (Å²) in [5.74, 6) is -6.56. The van der Waals surface area contributed by atoms with Crippen molar-refractivity contribution in [1.29, 1.82) is 0 Å². The lowest BCUT2D eigenvalue weighted by Gasteiger charge is -2.40. The van der Waals surface area contributed by atoms with Crippen LogP contribution in [0.1, 0.15) is 28.4 Å². The van der Waals surface area contributed by atoms with Crippen molar-refractivity contribution in [2.75, 3.05) is 24.7 Å². The minimum Gasteiger partial charge on any atom is -0.480 e. The first-order chi connectivity index (χ1) is 23.3. The van der Waals surface area contributed by atoms with Crippen LogP contribution in [-0.4, -0.2) is 73.8 Å². The lowest BCUT2D eigenvalue weighted by atomic mass is 9.99. The monoisotopic (exact) mass is 676 g/mol. The molecular formula is C34H31F3N6O6. The summed E-state index contributed by atoms with van der Waals surface area (Å²) in [7, 11) is 1.51. The third-order valence-electron chi connectivity index (χ3n) is 8.72. The number of rotatable bonds is 8. The summed E-state index contributed by atoms with van der Waals surface area (Å²) in [4.78, 5) is 62.3. The number of hydrogen-bond acceptors (Lipinski definition) is 8. The number of halogens is 3. The number of ether oxygens (including phenoxy) is 1. The number of morpholine rings is 1. The van der Waals surface area contributed by atoms with Crippen molar-refractivity contribution in [2.24, 2.45) is 7.05 Å². The molecule has 49 heavy (non-hydrogen) atoms. The van der Waals surface area contributed by atoms with Crippen LogP contribution in [0.5, 0.6) is 0 Å². The number of alkyl halides is 2. The van der Waals surface area contributed by atoms with Crippen molar-refractivity contribution < 1.29 is 32.6 Å². The Hall–Kier alpha value is -5.57. The molecule has 12 nitrogen and oxygen atoms in total. The molecule has 0 spiro atoms. The van der Waals surface area contributed by atoms with E-state index in [4.69, 9.17) is 4.74 Å². The third-order valence-corrected chi connectivity index (χ3v) is 8.72. The number of aromatic nitrogens is 4. The number of amides is 1. The van der Waals surface area contributed by atoms with Crippen LogP contribution >= 0.6 is 0 Å². The number of carbonyl (C=O) groups excluding carboxylic acids is 1. The number of anilines is 1. The Morgan fingerprint density at radius 2 is 1.92 bits per heavy atom. The number of hydrogen-bond donors (Lipinski definition) is 2. The molecule has 0 unspecified atom stereocenters. The molecule has 1 aliphatic rings. The minimum absolute atomic E-state index is 0.0861. The van der Waals surface area contributed by atoms with Gasteiger partial charge in [0.2, 0.25) is 0 Å². The number of carboxylic acids is 1. The predicted molar refractivity (Wildman–Crippen MR) is 174 cm³/mol. The largest absolute Gasteiger partial charge is 0.480 e. The normalized spacial score (nSPS) is 15.8. The Morgan fingerprint density at radius 3 is 2.63 bits per heavy atom. The standard InChI is InChI=1S/C34H31F3N6O6/c1-18-13-20(42-11-12-49-17-27(42)34(2,36)37)15-23(35)28(18)30(44)40-24(32(46)47)14-19-6-7-25(29-21(19)5-4-9-39-29)43-31(45)22-8-10-38-16-26(22)41(3)33(43)48/h4-10,13,15-16,24,27H,11-12,14,17H2,1-3H3,(H,40,44)(H,46,47)/t24-,27+/m0/s1. The number of carboxylic acid groups (broad SMARTS) is 1. The van der Waals surface area contributed by atoms with Crippen LogP contribution < -0.4 is 21.5 Å². The van der Waals surface area contributed by atoms with Gasteiger partial charge in [-0.1, -0.05) is 12.1 Å². The van der Waals surface area contributed by atoms with Gasteiger partial charge < -0.3 is 20.1 Å². The van der Waals surface area contributed by atoms with Gasteiger partial charge in [0.05, 0.1) is 47.1 Å². The van der Waals surface area contributed by atoms with Gasteiger partial charge in [0.25, 0.3) is 17.4 Å². The van der Waals surface area contributed by atoms with Gasteiger partial charge in [-0.25, -0.2) is 27.3 Å². The van der Waals surface area contributed by atoms with Crippen molar-refractivity contribution in [3.05, 3.63) is 104 Å². The van der Waals surface area contributed by atoms with Crippen molar-refractivity contribution in [1.82, 2.24) is 24.4 Å². The Morgan fingerprint density at radius 1 is 1.14 bits per heavy atom. The first-order valence-electron chi connectivity index (χ1n) is 15.3. The second kappa shape index (κ2) is 12.8. The van der Waals surface area contributed by atoms with Crippen molar-refractivity contribution in [2.45, 2.75) is 38.3 Å². The molecule has 0 saturated carbocycles. The number of carbonyl (C=O) groups is 2. The molecule has 254 valence electrons. The van der Waals surface area contributed by atoms with Crippen LogP contribution in [0, 0.1) is 12.7 Å². The number of aryl methyl sites for hydroxylation is 2. The molecule has 5 aromatic rings. The Bertz CT molecular complexity index is 2230. The average Bonchev–Trinajstić information content (AvgIpc) is 3.07. The summed E-state index contributed by atoms with van der Waals surface area (Å²) in [6, 6.07) is 7.27. The fourth-order valence-corrected chi connectivity index (χ4v) is 6.24. The number of pyridine rings is 2. The zero-order valence-corrected chi connectivity index (χ0v) is 26.6. The van der Waals surface area contributed by atoms with E-state index in [0.29, 0.717) is 16.5 Å². The molecule has 6 rings (SSSR count). The smallest absolute Gasteiger partial charge is 0.335 e. The summed E-state index contributed by atoms with van der Waals surface area (Å²) in [5, 5.41) is 13.1. The third kappa shape index (κ3) is 6.12. The van der Waals surface area contributed by atoms with E-state index < -0.39 is 52.5 Å². The van der Waals surface area contributed by atoms with Crippen LogP contribution in [0.15, 0.2) is 70.6 Å². The van der Waals surface area contributed by atoms with Gasteiger partial charge >= 0.3 is 11.7 Å². The maximum absolute atomic E-state index is 15.5. The molecule has 2 N–H and O–H groups in total. The van der Waals surface area contributed by atoms with E-state index in [1.165, 1.54) is 66.3 Å². The fraction of sp³-hybridized carbons (Fsp3) is 0.294. The molecular weight excluding hydrogens is 645 g/mol. The maximum Gasteiger partial charge on any atom is 0.335 e. The van der Waals surface area contributed by atoms with Gasteiger partial charge in [-0.15, -0.1) is 0 Å². The van der Waals surface area contributed by atoms with Crippen LogP contribution in [0.3, 0.4) is 0 Å². The Labute approximate surface area is 276 Å². The SMILES string of the molecule is Cc1cc(N2CCOC[C@@H]2C(C)(F)F)cc(F)c1C(=O)N[C@@H](Cc1ccc(-n2c(=O)c3ccncc3n(C)c2=O)c2ncccc12)C(=O)O. The van der Waals surface area contributed by atoms with Crippen LogP contribution in [0.2, 0.25) is 0 Å². The fourth-order valence-electron chi connectivity index (χ4n) is 6.24. The number of fused-ring (bicyclic) bond motifs is 2. The van der Waals surface area contributed by atoms with Gasteiger partial charge in [-0.3, -0.25) is 24.1 Å². The first-order valence-corrected chi connectivity index (χ1v) is 15.3. The highest BCUT2D eigenvalue weighted by molar-refractivity contribution is 5.99. The van der Waals surface area contributed by atoms with Crippen LogP contribution in [-0.2, 0) is 23.0 Å².